The molecule has 0 saturated carbocycles. The average molecular weight is 548 g/mol. The Kier molecular flexibility index (Phi) is 8.04. The summed E-state index contributed by atoms with van der Waals surface area (Å²) < 4.78 is 34.6. The van der Waals surface area contributed by atoms with E-state index < -0.39 is 17.7 Å². The molecule has 3 heterocycles. The van der Waals surface area contributed by atoms with E-state index in [0.717, 1.165) is 22.9 Å². The topological polar surface area (TPSA) is 110 Å². The zero-order valence-corrected chi connectivity index (χ0v) is 22.3. The lowest BCUT2D eigenvalue weighted by Gasteiger charge is -2.21. The highest BCUT2D eigenvalue weighted by Gasteiger charge is 2.35. The number of amides is 2. The highest BCUT2D eigenvalue weighted by molar-refractivity contribution is 5.91. The molecule has 0 bridgehead atoms. The first kappa shape index (κ1) is 27.2. The minimum Gasteiger partial charge on any atom is -0.384 e. The fourth-order valence-corrected chi connectivity index (χ4v) is 5.05. The van der Waals surface area contributed by atoms with Gasteiger partial charge in [0, 0.05) is 50.0 Å². The maximum atomic E-state index is 14.1. The molecule has 0 aliphatic carbocycles. The van der Waals surface area contributed by atoms with E-state index in [0.29, 0.717) is 49.1 Å². The van der Waals surface area contributed by atoms with Gasteiger partial charge in [-0.1, -0.05) is 24.3 Å². The van der Waals surface area contributed by atoms with E-state index in [1.807, 2.05) is 43.3 Å². The molecule has 40 heavy (non-hydrogen) atoms. The van der Waals surface area contributed by atoms with Crippen LogP contribution in [0.3, 0.4) is 0 Å². The molecule has 2 amide bonds. The lowest BCUT2D eigenvalue weighted by atomic mass is 9.94. The van der Waals surface area contributed by atoms with Crippen molar-refractivity contribution in [3.05, 3.63) is 89.6 Å². The van der Waals surface area contributed by atoms with Crippen LogP contribution in [0.4, 0.5) is 25.2 Å². The Labute approximate surface area is 231 Å². The van der Waals surface area contributed by atoms with Crippen molar-refractivity contribution in [3.63, 3.8) is 0 Å². The van der Waals surface area contributed by atoms with Crippen LogP contribution >= 0.6 is 0 Å². The summed E-state index contributed by atoms with van der Waals surface area (Å²) in [6, 6.07) is 16.1. The van der Waals surface area contributed by atoms with Crippen molar-refractivity contribution in [1.82, 2.24) is 25.0 Å². The standard InChI is InChI=1S/C29H31F2N7O2/c1-18-27(20-9-11-26(32)33-15-20)36-38(21-6-4-3-5-7-21)28(18)35-29(39)34-25-17-37(12-13-40-2)16-22(25)19-8-10-23(30)24(31)14-19/h3-11,14-15,22,25H,12-13,16-17H2,1-2H3,(H2,32,33)(H2,34,35,39). The van der Waals surface area contributed by atoms with Crippen molar-refractivity contribution < 1.29 is 18.3 Å². The van der Waals surface area contributed by atoms with E-state index in [1.54, 1.807) is 30.1 Å². The van der Waals surface area contributed by atoms with Gasteiger partial charge in [-0.15, -0.1) is 0 Å². The van der Waals surface area contributed by atoms with E-state index in [9.17, 15) is 13.6 Å². The van der Waals surface area contributed by atoms with Crippen molar-refractivity contribution in [2.24, 2.45) is 0 Å². The Balaban J connectivity index is 1.42. The number of carbonyl (C=O) groups is 1. The zero-order valence-electron chi connectivity index (χ0n) is 22.3. The van der Waals surface area contributed by atoms with Crippen molar-refractivity contribution in [2.75, 3.05) is 44.4 Å². The number of ether oxygens (including phenoxy) is 1. The number of carbonyl (C=O) groups excluding carboxylic acids is 1. The van der Waals surface area contributed by atoms with Crippen molar-refractivity contribution >= 4 is 17.7 Å². The highest BCUT2D eigenvalue weighted by Crippen LogP contribution is 2.32. The van der Waals surface area contributed by atoms with Crippen LogP contribution in [0.25, 0.3) is 16.9 Å². The molecule has 0 spiro atoms. The van der Waals surface area contributed by atoms with E-state index in [4.69, 9.17) is 15.6 Å². The number of methoxy groups -OCH3 is 1. The lowest BCUT2D eigenvalue weighted by Crippen LogP contribution is -2.42. The predicted octanol–water partition coefficient (Wildman–Crippen LogP) is 4.34. The summed E-state index contributed by atoms with van der Waals surface area (Å²) in [4.78, 5) is 19.8. The molecule has 2 atom stereocenters. The van der Waals surface area contributed by atoms with Gasteiger partial charge in [-0.2, -0.15) is 5.10 Å². The maximum Gasteiger partial charge on any atom is 0.320 e. The first-order valence-corrected chi connectivity index (χ1v) is 12.9. The van der Waals surface area contributed by atoms with Crippen LogP contribution in [0, 0.1) is 18.6 Å². The van der Waals surface area contributed by atoms with Gasteiger partial charge in [-0.25, -0.2) is 23.2 Å². The van der Waals surface area contributed by atoms with Gasteiger partial charge in [0.15, 0.2) is 11.6 Å². The second-order valence-corrected chi connectivity index (χ2v) is 9.78. The molecule has 9 nitrogen and oxygen atoms in total. The summed E-state index contributed by atoms with van der Waals surface area (Å²) in [6.07, 6.45) is 1.64. The van der Waals surface area contributed by atoms with Crippen molar-refractivity contribution in [3.8, 4) is 16.9 Å². The number of anilines is 2. The van der Waals surface area contributed by atoms with Gasteiger partial charge in [0.2, 0.25) is 0 Å². The van der Waals surface area contributed by atoms with E-state index in [2.05, 4.69) is 20.5 Å². The highest BCUT2D eigenvalue weighted by atomic mass is 19.2. The summed E-state index contributed by atoms with van der Waals surface area (Å²) in [7, 11) is 1.62. The average Bonchev–Trinajstić information content (AvgIpc) is 3.50. The number of urea groups is 1. The molecule has 1 saturated heterocycles. The zero-order chi connectivity index (χ0) is 28.2. The molecule has 2 unspecified atom stereocenters. The number of rotatable bonds is 8. The van der Waals surface area contributed by atoms with Crippen LogP contribution in [0.15, 0.2) is 66.9 Å². The summed E-state index contributed by atoms with van der Waals surface area (Å²) >= 11 is 0. The van der Waals surface area contributed by atoms with Gasteiger partial charge < -0.3 is 15.8 Å². The monoisotopic (exact) mass is 547 g/mol. The molecule has 0 radical (unpaired) electrons. The predicted molar refractivity (Wildman–Crippen MR) is 149 cm³/mol. The summed E-state index contributed by atoms with van der Waals surface area (Å²) in [6.45, 7) is 4.13. The molecule has 208 valence electrons. The number of nitrogen functional groups attached to an aromatic ring is 1. The first-order chi connectivity index (χ1) is 19.3. The summed E-state index contributed by atoms with van der Waals surface area (Å²) in [5.74, 6) is -1.17. The molecule has 1 fully saturated rings. The number of aromatic nitrogens is 3. The van der Waals surface area contributed by atoms with Crippen LogP contribution in [-0.4, -0.2) is 65.1 Å². The van der Waals surface area contributed by atoms with E-state index in [-0.39, 0.29) is 12.0 Å². The number of halogens is 2. The van der Waals surface area contributed by atoms with Gasteiger partial charge in [-0.05, 0) is 48.9 Å². The molecule has 4 aromatic rings. The van der Waals surface area contributed by atoms with Crippen molar-refractivity contribution in [2.45, 2.75) is 18.9 Å². The fraction of sp³-hybridized carbons (Fsp3) is 0.276. The van der Waals surface area contributed by atoms with E-state index >= 15 is 0 Å². The second-order valence-electron chi connectivity index (χ2n) is 9.78. The number of benzene rings is 2. The molecule has 11 heteroatoms. The molecule has 2 aromatic heterocycles. The van der Waals surface area contributed by atoms with Gasteiger partial charge in [-0.3, -0.25) is 10.2 Å². The SMILES string of the molecule is COCCN1CC(NC(=O)Nc2c(C)c(-c3ccc(N)nc3)nn2-c2ccccc2)C(c2ccc(F)c(F)c2)C1. The third-order valence-electron chi connectivity index (χ3n) is 7.11. The fourth-order valence-electron chi connectivity index (χ4n) is 5.05. The number of nitrogens with zero attached hydrogens (tertiary/aromatic N) is 4. The number of nitrogens with two attached hydrogens (primary N) is 1. The summed E-state index contributed by atoms with van der Waals surface area (Å²) in [5.41, 5.74) is 9.30. The van der Waals surface area contributed by atoms with Crippen LogP contribution in [0.1, 0.15) is 17.0 Å². The van der Waals surface area contributed by atoms with Crippen LogP contribution in [0.2, 0.25) is 0 Å². The number of hydrogen-bond donors (Lipinski definition) is 3. The normalized spacial score (nSPS) is 17.2. The number of para-hydroxylation sites is 1. The second kappa shape index (κ2) is 11.8. The van der Waals surface area contributed by atoms with Crippen LogP contribution < -0.4 is 16.4 Å². The molecular formula is C29H31F2N7O2. The molecule has 5 rings (SSSR count). The van der Waals surface area contributed by atoms with Crippen LogP contribution in [0.5, 0.6) is 0 Å². The van der Waals surface area contributed by atoms with Gasteiger partial charge >= 0.3 is 6.03 Å². The molecular weight excluding hydrogens is 516 g/mol. The molecule has 4 N–H and O–H groups in total. The van der Waals surface area contributed by atoms with Crippen molar-refractivity contribution in [1.29, 1.82) is 0 Å². The smallest absolute Gasteiger partial charge is 0.320 e. The van der Waals surface area contributed by atoms with Gasteiger partial charge in [0.25, 0.3) is 0 Å². The maximum absolute atomic E-state index is 14.1. The van der Waals surface area contributed by atoms with Crippen LogP contribution in [-0.2, 0) is 4.74 Å². The minimum absolute atomic E-state index is 0.241. The number of pyridine rings is 1. The number of hydrogen-bond acceptors (Lipinski definition) is 6. The lowest BCUT2D eigenvalue weighted by molar-refractivity contribution is 0.159. The van der Waals surface area contributed by atoms with Gasteiger partial charge in [0.05, 0.1) is 24.0 Å². The Morgan fingerprint density at radius 3 is 2.60 bits per heavy atom. The van der Waals surface area contributed by atoms with Gasteiger partial charge in [0.1, 0.15) is 11.6 Å². The number of likely N-dealkylation sites (tertiary alicyclic amines) is 1. The molecule has 1 aliphatic heterocycles. The Hall–Kier alpha value is -4.35. The Morgan fingerprint density at radius 2 is 1.90 bits per heavy atom. The van der Waals surface area contributed by atoms with E-state index in [1.165, 1.54) is 6.07 Å². The minimum atomic E-state index is -0.914. The largest absolute Gasteiger partial charge is 0.384 e. The first-order valence-electron chi connectivity index (χ1n) is 12.9. The molecule has 2 aromatic carbocycles. The Morgan fingerprint density at radius 1 is 1.10 bits per heavy atom. The molecule has 1 aliphatic rings. The third kappa shape index (κ3) is 5.80. The number of nitrogens with one attached hydrogen (secondary N) is 2. The summed E-state index contributed by atoms with van der Waals surface area (Å²) in [5, 5.41) is 10.8. The Bertz CT molecular complexity index is 1480. The quantitative estimate of drug-likeness (QED) is 0.303. The third-order valence-corrected chi connectivity index (χ3v) is 7.11.